The topological polar surface area (TPSA) is 198 Å². The highest BCUT2D eigenvalue weighted by molar-refractivity contribution is 7.89. The van der Waals surface area contributed by atoms with Crippen molar-refractivity contribution in [1.29, 1.82) is 0 Å². The lowest BCUT2D eigenvalue weighted by Gasteiger charge is -2.41. The molecule has 0 unspecified atom stereocenters. The number of hydrogen-bond donors (Lipinski definition) is 2. The molecule has 1 aliphatic rings. The fourth-order valence-corrected chi connectivity index (χ4v) is 10.2. The highest BCUT2D eigenvalue weighted by Gasteiger charge is 2.43. The van der Waals surface area contributed by atoms with Gasteiger partial charge in [0.2, 0.25) is 27.7 Å². The smallest absolute Gasteiger partial charge is 0.410 e. The van der Waals surface area contributed by atoms with Crippen LogP contribution < -0.4 is 14.8 Å². The minimum atomic E-state index is -3.95. The summed E-state index contributed by atoms with van der Waals surface area (Å²) >= 11 is 0. The van der Waals surface area contributed by atoms with Crippen LogP contribution in [-0.4, -0.2) is 144 Å². The SMILES string of the molecule is CCCCCCNC(=O)Oc1ccc(C[C@H](CC(=O)[C@H](C)[C@@H](OC)[C@@H]2CCCN2C(=O)C[C@@H](OC)[C@H]([C@@H](C)CC)N(C)C(=O)[C@@H](CC(=O)[C@H](C(C)C)N(C)C)C(C)C)C(=O)NS(C)(=O)=O)cc1. The van der Waals surface area contributed by atoms with Gasteiger partial charge < -0.3 is 29.3 Å². The van der Waals surface area contributed by atoms with E-state index in [2.05, 4.69) is 12.2 Å². The van der Waals surface area contributed by atoms with E-state index < -0.39 is 64.1 Å². The number of sulfonamides is 1. The number of ketones is 2. The fraction of sp³-hybridized carbons (Fsp3) is 0.760. The summed E-state index contributed by atoms with van der Waals surface area (Å²) in [6.07, 6.45) is 4.58. The number of rotatable bonds is 30. The molecule has 2 rings (SSSR count). The second kappa shape index (κ2) is 28.5. The minimum absolute atomic E-state index is 0.0133. The molecule has 1 heterocycles. The lowest BCUT2D eigenvalue weighted by atomic mass is 9.83. The molecule has 1 saturated heterocycles. The molecule has 382 valence electrons. The first-order valence-corrected chi connectivity index (χ1v) is 26.2. The predicted octanol–water partition coefficient (Wildman–Crippen LogP) is 6.29. The van der Waals surface area contributed by atoms with Gasteiger partial charge in [-0.05, 0) is 75.2 Å². The molecule has 0 radical (unpaired) electrons. The number of likely N-dealkylation sites (N-methyl/N-ethyl adjacent to an activating group) is 2. The predicted molar refractivity (Wildman–Crippen MR) is 261 cm³/mol. The third kappa shape index (κ3) is 18.5. The molecule has 0 aromatic heterocycles. The Labute approximate surface area is 402 Å². The zero-order valence-electron chi connectivity index (χ0n) is 43.1. The van der Waals surface area contributed by atoms with E-state index in [1.807, 2.05) is 65.3 Å². The first-order chi connectivity index (χ1) is 31.4. The Bertz CT molecular complexity index is 1850. The Morgan fingerprint density at radius 1 is 0.836 bits per heavy atom. The number of Topliss-reactive ketones (excluding diaryl/α,β-unsaturated/α-hetero) is 2. The summed E-state index contributed by atoms with van der Waals surface area (Å²) < 4.78 is 43.8. The van der Waals surface area contributed by atoms with Gasteiger partial charge in [-0.15, -0.1) is 0 Å². The number of likely N-dealkylation sites (tertiary alicyclic amines) is 1. The van der Waals surface area contributed by atoms with Crippen LogP contribution in [0.4, 0.5) is 4.79 Å². The lowest BCUT2D eigenvalue weighted by Crippen LogP contribution is -2.54. The van der Waals surface area contributed by atoms with Gasteiger partial charge in [0.25, 0.3) is 0 Å². The van der Waals surface area contributed by atoms with Crippen LogP contribution in [0.5, 0.6) is 5.75 Å². The van der Waals surface area contributed by atoms with Gasteiger partial charge in [-0.2, -0.15) is 0 Å². The number of carbonyl (C=O) groups is 6. The monoisotopic (exact) mass is 964 g/mol. The summed E-state index contributed by atoms with van der Waals surface area (Å²) in [6, 6.07) is 5.16. The number of unbranched alkanes of at least 4 members (excludes halogenated alkanes) is 3. The number of nitrogens with zero attached hydrogens (tertiary/aromatic N) is 3. The van der Waals surface area contributed by atoms with Crippen LogP contribution >= 0.6 is 0 Å². The van der Waals surface area contributed by atoms with Crippen LogP contribution in [0, 0.1) is 35.5 Å². The normalized spacial score (nSPS) is 17.9. The van der Waals surface area contributed by atoms with Crippen LogP contribution in [0.1, 0.15) is 125 Å². The van der Waals surface area contributed by atoms with Gasteiger partial charge in [-0.25, -0.2) is 13.2 Å². The molecule has 9 atom stereocenters. The van der Waals surface area contributed by atoms with E-state index in [1.54, 1.807) is 48.0 Å². The van der Waals surface area contributed by atoms with Gasteiger partial charge >= 0.3 is 6.09 Å². The van der Waals surface area contributed by atoms with Crippen LogP contribution in [0.25, 0.3) is 0 Å². The standard InChI is InChI=1S/C50H85N5O11S/c1-15-17-18-19-26-51-50(61)66-38-24-22-36(23-25-38)28-37(48(59)52-67(14,62)63)29-41(56)35(8)47(65-13)40-21-20-27-55(40)44(58)31-43(64-12)46(34(7)16-2)54(11)49(60)39(32(3)4)30-42(57)45(33(5)6)53(9)10/h22-25,32-35,37,39-40,43,45-47H,15-21,26-31H2,1-14H3,(H,51,61)(H,52,59)/t34-,35-,37+,39-,40-,43+,45-,46-,47+/m0/s1. The van der Waals surface area contributed by atoms with Gasteiger partial charge in [-0.3, -0.25) is 33.6 Å². The third-order valence-electron chi connectivity index (χ3n) is 13.4. The Balaban J connectivity index is 2.29. The average Bonchev–Trinajstić information content (AvgIpc) is 3.74. The van der Waals surface area contributed by atoms with Gasteiger partial charge in [-0.1, -0.05) is 93.2 Å². The highest BCUT2D eigenvalue weighted by atomic mass is 32.2. The van der Waals surface area contributed by atoms with E-state index in [0.29, 0.717) is 37.9 Å². The Morgan fingerprint density at radius 2 is 1.48 bits per heavy atom. The van der Waals surface area contributed by atoms with E-state index in [4.69, 9.17) is 14.2 Å². The van der Waals surface area contributed by atoms with Gasteiger partial charge in [0.1, 0.15) is 11.5 Å². The molecule has 67 heavy (non-hydrogen) atoms. The molecule has 2 N–H and O–H groups in total. The lowest BCUT2D eigenvalue weighted by molar-refractivity contribution is -0.149. The molecule has 0 bridgehead atoms. The van der Waals surface area contributed by atoms with Crippen molar-refractivity contribution in [3.8, 4) is 5.75 Å². The summed E-state index contributed by atoms with van der Waals surface area (Å²) in [5.41, 5.74) is 0.616. The van der Waals surface area contributed by atoms with E-state index in [0.717, 1.165) is 31.9 Å². The molecule has 0 spiro atoms. The summed E-state index contributed by atoms with van der Waals surface area (Å²) in [6.45, 7) is 16.7. The van der Waals surface area contributed by atoms with Crippen molar-refractivity contribution in [2.24, 2.45) is 35.5 Å². The number of amides is 4. The van der Waals surface area contributed by atoms with Gasteiger partial charge in [0.05, 0.1) is 43.0 Å². The first-order valence-electron chi connectivity index (χ1n) is 24.3. The quantitative estimate of drug-likeness (QED) is 0.0820. The summed E-state index contributed by atoms with van der Waals surface area (Å²) in [5, 5.41) is 2.73. The maximum absolute atomic E-state index is 14.4. The first kappa shape index (κ1) is 59.2. The molecule has 0 saturated carbocycles. The van der Waals surface area contributed by atoms with Gasteiger partial charge in [0, 0.05) is 65.0 Å². The second-order valence-corrected chi connectivity index (χ2v) is 21.3. The molecule has 0 aliphatic carbocycles. The molecule has 4 amide bonds. The molecule has 1 aromatic carbocycles. The molecule has 16 nitrogen and oxygen atoms in total. The highest BCUT2D eigenvalue weighted by Crippen LogP contribution is 2.32. The Morgan fingerprint density at radius 3 is 2.00 bits per heavy atom. The van der Waals surface area contributed by atoms with Crippen molar-refractivity contribution >= 4 is 45.4 Å². The number of nitrogens with one attached hydrogen (secondary N) is 2. The van der Waals surface area contributed by atoms with Crippen molar-refractivity contribution in [3.05, 3.63) is 29.8 Å². The zero-order chi connectivity index (χ0) is 50.8. The Hall–Kier alpha value is -3.93. The summed E-state index contributed by atoms with van der Waals surface area (Å²) in [4.78, 5) is 87.6. The van der Waals surface area contributed by atoms with Crippen molar-refractivity contribution < 1.29 is 51.4 Å². The van der Waals surface area contributed by atoms with Crippen LogP contribution in [0.15, 0.2) is 24.3 Å². The Kier molecular flexibility index (Phi) is 25.2. The molecule has 1 aromatic rings. The van der Waals surface area contributed by atoms with Crippen molar-refractivity contribution in [1.82, 2.24) is 24.7 Å². The van der Waals surface area contributed by atoms with Gasteiger partial charge in [0.15, 0.2) is 5.78 Å². The van der Waals surface area contributed by atoms with E-state index >= 15 is 0 Å². The second-order valence-electron chi connectivity index (χ2n) is 19.6. The van der Waals surface area contributed by atoms with E-state index in [1.165, 1.54) is 14.2 Å². The van der Waals surface area contributed by atoms with Crippen molar-refractivity contribution in [2.75, 3.05) is 54.7 Å². The van der Waals surface area contributed by atoms with Crippen LogP contribution in [-0.2, 0) is 49.9 Å². The average molecular weight is 964 g/mol. The largest absolute Gasteiger partial charge is 0.412 e. The number of methoxy groups -OCH3 is 2. The molecular weight excluding hydrogens is 879 g/mol. The molecule has 1 aliphatic heterocycles. The summed E-state index contributed by atoms with van der Waals surface area (Å²) in [5.74, 6) is -3.79. The van der Waals surface area contributed by atoms with Crippen LogP contribution in [0.2, 0.25) is 0 Å². The number of hydrogen-bond acceptors (Lipinski definition) is 12. The maximum Gasteiger partial charge on any atom is 0.412 e. The van der Waals surface area contributed by atoms with Crippen molar-refractivity contribution in [2.45, 2.75) is 156 Å². The van der Waals surface area contributed by atoms with E-state index in [-0.39, 0.29) is 78.6 Å². The third-order valence-corrected chi connectivity index (χ3v) is 14.0. The summed E-state index contributed by atoms with van der Waals surface area (Å²) in [7, 11) is 4.55. The minimum Gasteiger partial charge on any atom is -0.410 e. The fourth-order valence-electron chi connectivity index (χ4n) is 9.62. The zero-order valence-corrected chi connectivity index (χ0v) is 43.9. The number of benzene rings is 1. The van der Waals surface area contributed by atoms with Crippen molar-refractivity contribution in [3.63, 3.8) is 0 Å². The number of carbonyl (C=O) groups excluding carboxylic acids is 6. The number of ether oxygens (including phenoxy) is 3. The molecule has 17 heteroatoms. The van der Waals surface area contributed by atoms with E-state index in [9.17, 15) is 37.2 Å². The maximum atomic E-state index is 14.4. The molecular formula is C50H85N5O11S. The molecule has 1 fully saturated rings. The van der Waals surface area contributed by atoms with Crippen LogP contribution in [0.3, 0.4) is 0 Å².